The molecule has 1 heterocycles. The summed E-state index contributed by atoms with van der Waals surface area (Å²) in [7, 11) is 0. The molecule has 0 amide bonds. The minimum atomic E-state index is 0.985. The SMILES string of the molecule is CCc1nn(CC)c(CC)c1I. The van der Waals surface area contributed by atoms with Crippen LogP contribution < -0.4 is 0 Å². The Hall–Kier alpha value is -0.0600. The second kappa shape index (κ2) is 4.25. The maximum Gasteiger partial charge on any atom is 0.0758 e. The van der Waals surface area contributed by atoms with Crippen LogP contribution in [0.4, 0.5) is 0 Å². The van der Waals surface area contributed by atoms with E-state index in [0.29, 0.717) is 0 Å². The van der Waals surface area contributed by atoms with Crippen LogP contribution in [-0.4, -0.2) is 9.78 Å². The van der Waals surface area contributed by atoms with Gasteiger partial charge in [0.2, 0.25) is 0 Å². The van der Waals surface area contributed by atoms with Crippen LogP contribution in [0, 0.1) is 3.57 Å². The monoisotopic (exact) mass is 278 g/mol. The van der Waals surface area contributed by atoms with Crippen molar-refractivity contribution >= 4 is 22.6 Å². The van der Waals surface area contributed by atoms with Gasteiger partial charge in [-0.2, -0.15) is 5.10 Å². The quantitative estimate of drug-likeness (QED) is 0.777. The van der Waals surface area contributed by atoms with Crippen molar-refractivity contribution in [2.24, 2.45) is 0 Å². The van der Waals surface area contributed by atoms with E-state index >= 15 is 0 Å². The first kappa shape index (κ1) is 10.0. The fourth-order valence-corrected chi connectivity index (χ4v) is 2.50. The minimum absolute atomic E-state index is 0.985. The molecule has 0 aromatic carbocycles. The second-order valence-electron chi connectivity index (χ2n) is 2.73. The molecule has 1 aromatic rings. The zero-order valence-electron chi connectivity index (χ0n) is 7.89. The Morgan fingerprint density at radius 1 is 1.25 bits per heavy atom. The second-order valence-corrected chi connectivity index (χ2v) is 3.81. The molecular weight excluding hydrogens is 263 g/mol. The third-order valence-electron chi connectivity index (χ3n) is 2.03. The zero-order chi connectivity index (χ0) is 9.14. The van der Waals surface area contributed by atoms with Gasteiger partial charge >= 0.3 is 0 Å². The molecule has 2 nitrogen and oxygen atoms in total. The Labute approximate surface area is 87.5 Å². The molecule has 1 aromatic heterocycles. The first-order valence-corrected chi connectivity index (χ1v) is 5.56. The van der Waals surface area contributed by atoms with Crippen LogP contribution in [0.3, 0.4) is 0 Å². The Morgan fingerprint density at radius 2 is 1.92 bits per heavy atom. The van der Waals surface area contributed by atoms with E-state index in [1.165, 1.54) is 15.0 Å². The summed E-state index contributed by atoms with van der Waals surface area (Å²) < 4.78 is 3.47. The number of halogens is 1. The van der Waals surface area contributed by atoms with Crippen LogP contribution in [0.15, 0.2) is 0 Å². The van der Waals surface area contributed by atoms with Crippen LogP contribution in [0.25, 0.3) is 0 Å². The molecule has 68 valence electrons. The van der Waals surface area contributed by atoms with Crippen molar-refractivity contribution in [3.05, 3.63) is 15.0 Å². The molecule has 0 bridgehead atoms. The van der Waals surface area contributed by atoms with Gasteiger partial charge in [-0.1, -0.05) is 13.8 Å². The van der Waals surface area contributed by atoms with Crippen molar-refractivity contribution < 1.29 is 0 Å². The first-order valence-electron chi connectivity index (χ1n) is 4.48. The number of hydrogen-bond acceptors (Lipinski definition) is 1. The Kier molecular flexibility index (Phi) is 3.55. The summed E-state index contributed by atoms with van der Waals surface area (Å²) in [5, 5.41) is 4.53. The largest absolute Gasteiger partial charge is 0.269 e. The molecule has 0 atom stereocenters. The lowest BCUT2D eigenvalue weighted by molar-refractivity contribution is 0.617. The third kappa shape index (κ3) is 1.65. The highest BCUT2D eigenvalue weighted by atomic mass is 127. The van der Waals surface area contributed by atoms with Crippen LogP contribution in [0.2, 0.25) is 0 Å². The zero-order valence-corrected chi connectivity index (χ0v) is 10.1. The van der Waals surface area contributed by atoms with E-state index in [-0.39, 0.29) is 0 Å². The maximum absolute atomic E-state index is 4.53. The fourth-order valence-electron chi connectivity index (χ4n) is 1.36. The molecule has 0 radical (unpaired) electrons. The highest BCUT2D eigenvalue weighted by Crippen LogP contribution is 2.17. The van der Waals surface area contributed by atoms with Crippen molar-refractivity contribution in [2.75, 3.05) is 0 Å². The van der Waals surface area contributed by atoms with Crippen LogP contribution >= 0.6 is 22.6 Å². The average Bonchev–Trinajstić information content (AvgIpc) is 2.41. The van der Waals surface area contributed by atoms with Crippen molar-refractivity contribution in [1.82, 2.24) is 9.78 Å². The molecule has 0 saturated heterocycles. The smallest absolute Gasteiger partial charge is 0.0758 e. The van der Waals surface area contributed by atoms with Gasteiger partial charge in [0, 0.05) is 6.54 Å². The predicted octanol–water partition coefficient (Wildman–Crippen LogP) is 2.63. The lowest BCUT2D eigenvalue weighted by Crippen LogP contribution is -2.01. The van der Waals surface area contributed by atoms with Gasteiger partial charge in [-0.3, -0.25) is 4.68 Å². The lowest BCUT2D eigenvalue weighted by atomic mass is 10.3. The van der Waals surface area contributed by atoms with Gasteiger partial charge in [0.05, 0.1) is 15.0 Å². The summed E-state index contributed by atoms with van der Waals surface area (Å²) >= 11 is 2.40. The summed E-state index contributed by atoms with van der Waals surface area (Å²) in [4.78, 5) is 0. The number of aromatic nitrogens is 2. The number of nitrogens with zero attached hydrogens (tertiary/aromatic N) is 2. The van der Waals surface area contributed by atoms with Crippen molar-refractivity contribution in [2.45, 2.75) is 40.2 Å². The van der Waals surface area contributed by atoms with E-state index in [1.54, 1.807) is 0 Å². The van der Waals surface area contributed by atoms with Gasteiger partial charge in [0.25, 0.3) is 0 Å². The molecule has 0 aliphatic carbocycles. The van der Waals surface area contributed by atoms with E-state index in [9.17, 15) is 0 Å². The Morgan fingerprint density at radius 3 is 2.25 bits per heavy atom. The number of rotatable bonds is 3. The molecule has 0 fully saturated rings. The molecule has 1 rings (SSSR count). The molecular formula is C9H15IN2. The van der Waals surface area contributed by atoms with Crippen LogP contribution in [0.1, 0.15) is 32.2 Å². The maximum atomic E-state index is 4.53. The predicted molar refractivity (Wildman–Crippen MR) is 59.4 cm³/mol. The van der Waals surface area contributed by atoms with E-state index in [4.69, 9.17) is 0 Å². The summed E-state index contributed by atoms with van der Waals surface area (Å²) in [6.45, 7) is 7.47. The van der Waals surface area contributed by atoms with E-state index in [0.717, 1.165) is 19.4 Å². The number of hydrogen-bond donors (Lipinski definition) is 0. The Bertz CT molecular complexity index is 266. The molecule has 0 spiro atoms. The topological polar surface area (TPSA) is 17.8 Å². The molecule has 0 saturated carbocycles. The average molecular weight is 278 g/mol. The van der Waals surface area contributed by atoms with Crippen LogP contribution in [-0.2, 0) is 19.4 Å². The summed E-state index contributed by atoms with van der Waals surface area (Å²) in [6.07, 6.45) is 2.12. The van der Waals surface area contributed by atoms with Gasteiger partial charge in [-0.15, -0.1) is 0 Å². The van der Waals surface area contributed by atoms with E-state index in [1.807, 2.05) is 0 Å². The first-order chi connectivity index (χ1) is 5.74. The van der Waals surface area contributed by atoms with Crippen LogP contribution in [0.5, 0.6) is 0 Å². The standard InChI is InChI=1S/C9H15IN2/c1-4-7-9(10)8(5-2)12(6-3)11-7/h4-6H2,1-3H3. The molecule has 3 heteroatoms. The van der Waals surface area contributed by atoms with Gasteiger partial charge in [-0.25, -0.2) is 0 Å². The van der Waals surface area contributed by atoms with Gasteiger partial charge in [-0.05, 0) is 42.4 Å². The highest BCUT2D eigenvalue weighted by molar-refractivity contribution is 14.1. The van der Waals surface area contributed by atoms with E-state index in [2.05, 4.69) is 53.1 Å². The summed E-state index contributed by atoms with van der Waals surface area (Å²) in [5.74, 6) is 0. The summed E-state index contributed by atoms with van der Waals surface area (Å²) in [6, 6.07) is 0. The molecule has 0 unspecified atom stereocenters. The van der Waals surface area contributed by atoms with Gasteiger partial charge in [0.1, 0.15) is 0 Å². The van der Waals surface area contributed by atoms with Crippen molar-refractivity contribution in [1.29, 1.82) is 0 Å². The molecule has 0 aliphatic heterocycles. The molecule has 12 heavy (non-hydrogen) atoms. The fraction of sp³-hybridized carbons (Fsp3) is 0.667. The Balaban J connectivity index is 3.13. The number of aryl methyl sites for hydroxylation is 2. The minimum Gasteiger partial charge on any atom is -0.269 e. The van der Waals surface area contributed by atoms with Crippen molar-refractivity contribution in [3.63, 3.8) is 0 Å². The van der Waals surface area contributed by atoms with Gasteiger partial charge < -0.3 is 0 Å². The lowest BCUT2D eigenvalue weighted by Gasteiger charge is -2.00. The van der Waals surface area contributed by atoms with Gasteiger partial charge in [0.15, 0.2) is 0 Å². The third-order valence-corrected chi connectivity index (χ3v) is 3.27. The summed E-state index contributed by atoms with van der Waals surface area (Å²) in [5.41, 5.74) is 2.63. The van der Waals surface area contributed by atoms with Crippen molar-refractivity contribution in [3.8, 4) is 0 Å². The van der Waals surface area contributed by atoms with E-state index < -0.39 is 0 Å². The normalized spacial score (nSPS) is 10.7. The highest BCUT2D eigenvalue weighted by Gasteiger charge is 2.10. The molecule has 0 N–H and O–H groups in total. The molecule has 0 aliphatic rings.